The van der Waals surface area contributed by atoms with E-state index in [-0.39, 0.29) is 18.4 Å². The second-order valence-electron chi connectivity index (χ2n) is 5.93. The van der Waals surface area contributed by atoms with Crippen molar-refractivity contribution in [1.29, 1.82) is 0 Å². The van der Waals surface area contributed by atoms with Gasteiger partial charge in [-0.05, 0) is 23.6 Å². The number of rotatable bonds is 10. The van der Waals surface area contributed by atoms with E-state index in [9.17, 15) is 9.90 Å². The van der Waals surface area contributed by atoms with Gasteiger partial charge in [0.2, 0.25) is 0 Å². The summed E-state index contributed by atoms with van der Waals surface area (Å²) in [6.07, 6.45) is -0.624. The van der Waals surface area contributed by atoms with Crippen LogP contribution in [-0.2, 0) is 4.79 Å². The van der Waals surface area contributed by atoms with Crippen LogP contribution in [0, 0.1) is 0 Å². The van der Waals surface area contributed by atoms with Gasteiger partial charge in [0.25, 0.3) is 5.91 Å². The van der Waals surface area contributed by atoms with E-state index in [1.807, 2.05) is 36.7 Å². The van der Waals surface area contributed by atoms with E-state index in [2.05, 4.69) is 27.9 Å². The minimum absolute atomic E-state index is 0.0106. The van der Waals surface area contributed by atoms with Crippen molar-refractivity contribution < 1.29 is 14.6 Å². The Labute approximate surface area is 157 Å². The summed E-state index contributed by atoms with van der Waals surface area (Å²) in [5, 5.41) is 21.6. The van der Waals surface area contributed by atoms with Crippen LogP contribution in [0.2, 0.25) is 0 Å². The lowest BCUT2D eigenvalue weighted by atomic mass is 10.0. The second kappa shape index (κ2) is 10.1. The highest BCUT2D eigenvalue weighted by Crippen LogP contribution is 2.21. The van der Waals surface area contributed by atoms with Gasteiger partial charge in [-0.3, -0.25) is 4.79 Å². The highest BCUT2D eigenvalue weighted by atomic mass is 32.1. The van der Waals surface area contributed by atoms with E-state index in [1.54, 1.807) is 7.05 Å². The van der Waals surface area contributed by atoms with Crippen LogP contribution in [0.25, 0.3) is 0 Å². The Morgan fingerprint density at radius 2 is 2.00 bits per heavy atom. The SMILES string of the molecule is CNC(=O)COc1ccc(C(C)CNCC(O)c2csc(NC)n2)cc1. The number of carbonyl (C=O) groups excluding carboxylic acids is 1. The molecule has 2 unspecified atom stereocenters. The number of aromatic nitrogens is 1. The zero-order chi connectivity index (χ0) is 18.9. The Morgan fingerprint density at radius 3 is 2.62 bits per heavy atom. The topological polar surface area (TPSA) is 95.5 Å². The molecule has 0 aliphatic carbocycles. The maximum Gasteiger partial charge on any atom is 0.257 e. The smallest absolute Gasteiger partial charge is 0.257 e. The number of amides is 1. The minimum atomic E-state index is -0.624. The van der Waals surface area contributed by atoms with Crippen molar-refractivity contribution in [2.45, 2.75) is 18.9 Å². The Morgan fingerprint density at radius 1 is 1.27 bits per heavy atom. The first kappa shape index (κ1) is 20.2. The number of nitrogens with one attached hydrogen (secondary N) is 3. The normalized spacial score (nSPS) is 13.1. The Hall–Kier alpha value is -2.16. The fourth-order valence-corrected chi connectivity index (χ4v) is 3.04. The number of benzene rings is 1. The van der Waals surface area contributed by atoms with Crippen LogP contribution in [0.3, 0.4) is 0 Å². The molecular formula is C18H26N4O3S. The van der Waals surface area contributed by atoms with Crippen molar-refractivity contribution in [3.63, 3.8) is 0 Å². The van der Waals surface area contributed by atoms with Gasteiger partial charge >= 0.3 is 0 Å². The molecule has 0 aliphatic heterocycles. The van der Waals surface area contributed by atoms with Crippen LogP contribution in [0.4, 0.5) is 5.13 Å². The first-order chi connectivity index (χ1) is 12.5. The van der Waals surface area contributed by atoms with Crippen LogP contribution in [-0.4, -0.2) is 49.8 Å². The van der Waals surface area contributed by atoms with Crippen molar-refractivity contribution in [1.82, 2.24) is 15.6 Å². The second-order valence-corrected chi connectivity index (χ2v) is 6.79. The van der Waals surface area contributed by atoms with Gasteiger partial charge in [-0.25, -0.2) is 4.98 Å². The molecule has 0 bridgehead atoms. The first-order valence-electron chi connectivity index (χ1n) is 8.48. The third kappa shape index (κ3) is 5.98. The average Bonchev–Trinajstić information content (AvgIpc) is 3.15. The van der Waals surface area contributed by atoms with Gasteiger partial charge in [-0.2, -0.15) is 0 Å². The molecule has 1 aromatic heterocycles. The highest BCUT2D eigenvalue weighted by Gasteiger charge is 2.12. The Balaban J connectivity index is 1.76. The number of hydrogen-bond acceptors (Lipinski definition) is 7. The van der Waals surface area contributed by atoms with Crippen molar-refractivity contribution in [2.75, 3.05) is 39.1 Å². The molecule has 0 saturated carbocycles. The predicted molar refractivity (Wildman–Crippen MR) is 104 cm³/mol. The molecule has 142 valence electrons. The first-order valence-corrected chi connectivity index (χ1v) is 9.36. The van der Waals surface area contributed by atoms with Crippen LogP contribution in [0.15, 0.2) is 29.6 Å². The molecule has 4 N–H and O–H groups in total. The molecule has 1 heterocycles. The summed E-state index contributed by atoms with van der Waals surface area (Å²) in [7, 11) is 3.39. The molecule has 7 nitrogen and oxygen atoms in total. The van der Waals surface area contributed by atoms with Crippen molar-refractivity contribution in [3.05, 3.63) is 40.9 Å². The summed E-state index contributed by atoms with van der Waals surface area (Å²) in [6, 6.07) is 7.69. The van der Waals surface area contributed by atoms with E-state index in [1.165, 1.54) is 11.3 Å². The summed E-state index contributed by atoms with van der Waals surface area (Å²) >= 11 is 1.48. The summed E-state index contributed by atoms with van der Waals surface area (Å²) in [4.78, 5) is 15.5. The van der Waals surface area contributed by atoms with E-state index >= 15 is 0 Å². The summed E-state index contributed by atoms with van der Waals surface area (Å²) in [6.45, 7) is 3.31. The molecule has 2 atom stereocenters. The van der Waals surface area contributed by atoms with Gasteiger partial charge in [-0.15, -0.1) is 11.3 Å². The molecule has 0 radical (unpaired) electrons. The van der Waals surface area contributed by atoms with Gasteiger partial charge in [-0.1, -0.05) is 19.1 Å². The van der Waals surface area contributed by atoms with Crippen molar-refractivity contribution in [3.8, 4) is 5.75 Å². The Bertz CT molecular complexity index is 690. The number of aliphatic hydroxyl groups is 1. The zero-order valence-corrected chi connectivity index (χ0v) is 16.1. The minimum Gasteiger partial charge on any atom is -0.484 e. The van der Waals surface area contributed by atoms with Gasteiger partial charge in [0.1, 0.15) is 11.9 Å². The predicted octanol–water partition coefficient (Wildman–Crippen LogP) is 1.74. The number of likely N-dealkylation sites (N-methyl/N-ethyl adjacent to an activating group) is 1. The molecule has 2 rings (SSSR count). The third-order valence-electron chi connectivity index (χ3n) is 3.96. The summed E-state index contributed by atoms with van der Waals surface area (Å²) in [5.74, 6) is 0.780. The maximum absolute atomic E-state index is 11.2. The third-order valence-corrected chi connectivity index (χ3v) is 4.84. The lowest BCUT2D eigenvalue weighted by Crippen LogP contribution is -2.26. The molecule has 0 spiro atoms. The van der Waals surface area contributed by atoms with E-state index in [0.717, 1.165) is 17.2 Å². The fourth-order valence-electron chi connectivity index (χ4n) is 2.33. The number of ether oxygens (including phenoxy) is 1. The van der Waals surface area contributed by atoms with E-state index in [4.69, 9.17) is 4.74 Å². The molecule has 1 aromatic carbocycles. The Kier molecular flexibility index (Phi) is 7.83. The molecule has 1 amide bonds. The van der Waals surface area contributed by atoms with Crippen molar-refractivity contribution in [2.24, 2.45) is 0 Å². The van der Waals surface area contributed by atoms with Gasteiger partial charge in [0, 0.05) is 32.6 Å². The lowest BCUT2D eigenvalue weighted by Gasteiger charge is -2.15. The van der Waals surface area contributed by atoms with Crippen molar-refractivity contribution >= 4 is 22.4 Å². The maximum atomic E-state index is 11.2. The highest BCUT2D eigenvalue weighted by molar-refractivity contribution is 7.13. The fraction of sp³-hybridized carbons (Fsp3) is 0.444. The van der Waals surface area contributed by atoms with Gasteiger partial charge in [0.05, 0.1) is 5.69 Å². The number of nitrogens with zero attached hydrogens (tertiary/aromatic N) is 1. The number of anilines is 1. The lowest BCUT2D eigenvalue weighted by molar-refractivity contribution is -0.122. The van der Waals surface area contributed by atoms with Crippen LogP contribution in [0.5, 0.6) is 5.75 Å². The monoisotopic (exact) mass is 378 g/mol. The van der Waals surface area contributed by atoms with Gasteiger partial charge < -0.3 is 25.8 Å². The van der Waals surface area contributed by atoms with Gasteiger partial charge in [0.15, 0.2) is 11.7 Å². The molecule has 26 heavy (non-hydrogen) atoms. The molecule has 0 fully saturated rings. The number of thiazole rings is 1. The molecule has 2 aromatic rings. The number of carbonyl (C=O) groups is 1. The summed E-state index contributed by atoms with van der Waals surface area (Å²) in [5.41, 5.74) is 1.84. The standard InChI is InChI=1S/C18H26N4O3S/c1-12(8-21-9-16(23)15-11-26-18(20-3)22-15)13-4-6-14(7-5-13)25-10-17(24)19-2/h4-7,11-12,16,21,23H,8-10H2,1-3H3,(H,19,24)(H,20,22). The molecular weight excluding hydrogens is 352 g/mol. The average molecular weight is 378 g/mol. The van der Waals surface area contributed by atoms with E-state index in [0.29, 0.717) is 18.0 Å². The largest absolute Gasteiger partial charge is 0.484 e. The zero-order valence-electron chi connectivity index (χ0n) is 15.3. The van der Waals surface area contributed by atoms with Crippen LogP contribution >= 0.6 is 11.3 Å². The van der Waals surface area contributed by atoms with Crippen LogP contribution in [0.1, 0.15) is 30.2 Å². The summed E-state index contributed by atoms with van der Waals surface area (Å²) < 4.78 is 5.39. The molecule has 0 aliphatic rings. The quantitative estimate of drug-likeness (QED) is 0.503. The molecule has 0 saturated heterocycles. The van der Waals surface area contributed by atoms with Crippen LogP contribution < -0.4 is 20.7 Å². The van der Waals surface area contributed by atoms with E-state index < -0.39 is 6.10 Å². The molecule has 8 heteroatoms. The number of aliphatic hydroxyl groups excluding tert-OH is 1. The number of hydrogen-bond donors (Lipinski definition) is 4.